The molecule has 88 valence electrons. The fraction of sp³-hybridized carbons (Fsp3) is 0.125. The summed E-state index contributed by atoms with van der Waals surface area (Å²) >= 11 is 3.47. The quantitative estimate of drug-likeness (QED) is 0.362. The second kappa shape index (κ2) is 4.69. The standard InChI is InChI=1S/C8H4F5NOS/c9-3-4(10)6(12)8(7(13)5(3)11)14-2(15)1-16/h16H,1H2,(H,14,15). The number of nitrogens with one attached hydrogen (secondary N) is 1. The van der Waals surface area contributed by atoms with E-state index in [1.54, 1.807) is 0 Å². The number of rotatable bonds is 2. The molecule has 1 N–H and O–H groups in total. The zero-order valence-electron chi connectivity index (χ0n) is 7.45. The summed E-state index contributed by atoms with van der Waals surface area (Å²) in [5, 5.41) is 1.53. The van der Waals surface area contributed by atoms with E-state index < -0.39 is 46.4 Å². The molecule has 0 unspecified atom stereocenters. The molecule has 0 fully saturated rings. The summed E-state index contributed by atoms with van der Waals surface area (Å²) in [6, 6.07) is 0. The van der Waals surface area contributed by atoms with Gasteiger partial charge in [0.1, 0.15) is 5.69 Å². The van der Waals surface area contributed by atoms with Crippen LogP contribution in [-0.2, 0) is 4.79 Å². The van der Waals surface area contributed by atoms with Gasteiger partial charge < -0.3 is 5.32 Å². The molecule has 1 aromatic carbocycles. The van der Waals surface area contributed by atoms with Crippen LogP contribution in [-0.4, -0.2) is 11.7 Å². The molecule has 0 saturated heterocycles. The first-order valence-electron chi connectivity index (χ1n) is 3.82. The monoisotopic (exact) mass is 257 g/mol. The Morgan fingerprint density at radius 3 is 1.69 bits per heavy atom. The molecule has 1 aromatic rings. The molecular weight excluding hydrogens is 253 g/mol. The molecule has 1 amide bonds. The van der Waals surface area contributed by atoms with Crippen molar-refractivity contribution in [1.29, 1.82) is 0 Å². The van der Waals surface area contributed by atoms with E-state index in [0.29, 0.717) is 0 Å². The highest BCUT2D eigenvalue weighted by Crippen LogP contribution is 2.26. The SMILES string of the molecule is O=C(CS)Nc1c(F)c(F)c(F)c(F)c1F. The third-order valence-electron chi connectivity index (χ3n) is 1.62. The van der Waals surface area contributed by atoms with Gasteiger partial charge in [-0.1, -0.05) is 0 Å². The van der Waals surface area contributed by atoms with E-state index in [4.69, 9.17) is 0 Å². The van der Waals surface area contributed by atoms with E-state index in [9.17, 15) is 26.7 Å². The van der Waals surface area contributed by atoms with Gasteiger partial charge in [-0.05, 0) is 0 Å². The van der Waals surface area contributed by atoms with Crippen molar-refractivity contribution in [2.24, 2.45) is 0 Å². The van der Waals surface area contributed by atoms with Crippen molar-refractivity contribution >= 4 is 24.2 Å². The van der Waals surface area contributed by atoms with Crippen molar-refractivity contribution in [2.75, 3.05) is 11.1 Å². The Kier molecular flexibility index (Phi) is 3.74. The topological polar surface area (TPSA) is 29.1 Å². The summed E-state index contributed by atoms with van der Waals surface area (Å²) in [6.45, 7) is 0. The molecule has 8 heteroatoms. The van der Waals surface area contributed by atoms with Gasteiger partial charge in [0.15, 0.2) is 23.3 Å². The molecule has 16 heavy (non-hydrogen) atoms. The highest BCUT2D eigenvalue weighted by atomic mass is 32.1. The van der Waals surface area contributed by atoms with Crippen molar-refractivity contribution in [3.05, 3.63) is 29.1 Å². The van der Waals surface area contributed by atoms with Crippen LogP contribution in [0.1, 0.15) is 0 Å². The fourth-order valence-electron chi connectivity index (χ4n) is 0.894. The molecule has 0 saturated carbocycles. The average Bonchev–Trinajstić information content (AvgIpc) is 2.29. The van der Waals surface area contributed by atoms with Crippen LogP contribution in [0.25, 0.3) is 0 Å². The zero-order valence-corrected chi connectivity index (χ0v) is 8.35. The number of hydrogen-bond acceptors (Lipinski definition) is 2. The van der Waals surface area contributed by atoms with E-state index in [2.05, 4.69) is 12.6 Å². The van der Waals surface area contributed by atoms with Gasteiger partial charge in [-0.15, -0.1) is 0 Å². The lowest BCUT2D eigenvalue weighted by atomic mass is 10.2. The molecule has 0 heterocycles. The smallest absolute Gasteiger partial charge is 0.234 e. The normalized spacial score (nSPS) is 10.4. The van der Waals surface area contributed by atoms with Gasteiger partial charge in [0.25, 0.3) is 0 Å². The van der Waals surface area contributed by atoms with Crippen molar-refractivity contribution in [2.45, 2.75) is 0 Å². The predicted octanol–water partition coefficient (Wildman–Crippen LogP) is 2.25. The summed E-state index contributed by atoms with van der Waals surface area (Å²) in [4.78, 5) is 10.7. The van der Waals surface area contributed by atoms with Crippen molar-refractivity contribution < 1.29 is 26.7 Å². The summed E-state index contributed by atoms with van der Waals surface area (Å²) in [5.74, 6) is -12.1. The maximum Gasteiger partial charge on any atom is 0.234 e. The van der Waals surface area contributed by atoms with Gasteiger partial charge in [0.05, 0.1) is 5.75 Å². The maximum absolute atomic E-state index is 12.9. The summed E-state index contributed by atoms with van der Waals surface area (Å²) in [5.41, 5.74) is -1.38. The largest absolute Gasteiger partial charge is 0.320 e. The van der Waals surface area contributed by atoms with Crippen molar-refractivity contribution in [3.8, 4) is 0 Å². The molecular formula is C8H4F5NOS. The molecule has 1 rings (SSSR count). The van der Waals surface area contributed by atoms with Crippen LogP contribution < -0.4 is 5.32 Å². The Bertz CT molecular complexity index is 422. The molecule has 0 atom stereocenters. The minimum Gasteiger partial charge on any atom is -0.320 e. The lowest BCUT2D eigenvalue weighted by molar-refractivity contribution is -0.113. The van der Waals surface area contributed by atoms with Crippen LogP contribution >= 0.6 is 12.6 Å². The van der Waals surface area contributed by atoms with Gasteiger partial charge >= 0.3 is 0 Å². The number of carbonyl (C=O) groups is 1. The predicted molar refractivity (Wildman–Crippen MR) is 48.7 cm³/mol. The highest BCUT2D eigenvalue weighted by Gasteiger charge is 2.26. The molecule has 0 aliphatic rings. The minimum absolute atomic E-state index is 0.459. The number of halogens is 5. The van der Waals surface area contributed by atoms with Crippen LogP contribution in [0, 0.1) is 29.1 Å². The third-order valence-corrected chi connectivity index (χ3v) is 1.91. The number of hydrogen-bond donors (Lipinski definition) is 2. The zero-order chi connectivity index (χ0) is 12.5. The first-order valence-corrected chi connectivity index (χ1v) is 4.45. The number of anilines is 1. The van der Waals surface area contributed by atoms with Crippen LogP contribution in [0.3, 0.4) is 0 Å². The van der Waals surface area contributed by atoms with Crippen LogP contribution in [0.15, 0.2) is 0 Å². The van der Waals surface area contributed by atoms with E-state index in [1.165, 1.54) is 5.32 Å². The van der Waals surface area contributed by atoms with E-state index in [0.717, 1.165) is 0 Å². The summed E-state index contributed by atoms with van der Waals surface area (Å²) in [6.07, 6.45) is 0. The highest BCUT2D eigenvalue weighted by molar-refractivity contribution is 7.81. The molecule has 0 spiro atoms. The summed E-state index contributed by atoms with van der Waals surface area (Å²) in [7, 11) is 0. The number of benzene rings is 1. The Morgan fingerprint density at radius 1 is 0.938 bits per heavy atom. The van der Waals surface area contributed by atoms with Crippen LogP contribution in [0.2, 0.25) is 0 Å². The third kappa shape index (κ3) is 2.11. The lowest BCUT2D eigenvalue weighted by Gasteiger charge is -2.08. The number of amides is 1. The molecule has 0 aromatic heterocycles. The first-order chi connectivity index (χ1) is 7.40. The Hall–Kier alpha value is -1.31. The lowest BCUT2D eigenvalue weighted by Crippen LogP contribution is -2.17. The van der Waals surface area contributed by atoms with Gasteiger partial charge in [-0.3, -0.25) is 4.79 Å². The fourth-order valence-corrected chi connectivity index (χ4v) is 0.973. The van der Waals surface area contributed by atoms with Gasteiger partial charge in [0.2, 0.25) is 11.7 Å². The van der Waals surface area contributed by atoms with Gasteiger partial charge in [-0.25, -0.2) is 22.0 Å². The van der Waals surface area contributed by atoms with Gasteiger partial charge in [0, 0.05) is 0 Å². The van der Waals surface area contributed by atoms with E-state index >= 15 is 0 Å². The Labute approximate surface area is 91.9 Å². The minimum atomic E-state index is -2.28. The number of thiol groups is 1. The molecule has 0 radical (unpaired) electrons. The van der Waals surface area contributed by atoms with E-state index in [-0.39, 0.29) is 0 Å². The van der Waals surface area contributed by atoms with Crippen LogP contribution in [0.4, 0.5) is 27.6 Å². The second-order valence-electron chi connectivity index (χ2n) is 2.65. The van der Waals surface area contributed by atoms with Crippen LogP contribution in [0.5, 0.6) is 0 Å². The second-order valence-corrected chi connectivity index (χ2v) is 2.97. The molecule has 0 bridgehead atoms. The Morgan fingerprint density at radius 2 is 1.31 bits per heavy atom. The molecule has 0 aliphatic heterocycles. The van der Waals surface area contributed by atoms with Crippen molar-refractivity contribution in [3.63, 3.8) is 0 Å². The summed E-state index contributed by atoms with van der Waals surface area (Å²) < 4.78 is 63.7. The van der Waals surface area contributed by atoms with E-state index in [1.807, 2.05) is 0 Å². The molecule has 0 aliphatic carbocycles. The van der Waals surface area contributed by atoms with Gasteiger partial charge in [-0.2, -0.15) is 12.6 Å². The molecule has 2 nitrogen and oxygen atoms in total. The maximum atomic E-state index is 12.9. The average molecular weight is 257 g/mol. The first kappa shape index (κ1) is 12.8. The van der Waals surface area contributed by atoms with Crippen molar-refractivity contribution in [1.82, 2.24) is 0 Å². The number of carbonyl (C=O) groups excluding carboxylic acids is 1. The Balaban J connectivity index is 3.34.